The molecule has 1 aromatic rings. The van der Waals surface area contributed by atoms with Gasteiger partial charge in [-0.3, -0.25) is 4.79 Å². The van der Waals surface area contributed by atoms with E-state index >= 15 is 0 Å². The zero-order valence-electron chi connectivity index (χ0n) is 10.2. The van der Waals surface area contributed by atoms with Gasteiger partial charge in [0.25, 0.3) is 5.91 Å². The fourth-order valence-electron chi connectivity index (χ4n) is 1.25. The molecule has 1 amide bonds. The van der Waals surface area contributed by atoms with Crippen molar-refractivity contribution in [2.75, 3.05) is 20.1 Å². The molecule has 1 atom stereocenters. The van der Waals surface area contributed by atoms with Crippen molar-refractivity contribution in [1.29, 1.82) is 0 Å². The van der Waals surface area contributed by atoms with Gasteiger partial charge in [0.05, 0.1) is 0 Å². The monoisotopic (exact) mass is 276 g/mol. The zero-order chi connectivity index (χ0) is 12.8. The van der Waals surface area contributed by atoms with Gasteiger partial charge in [-0.05, 0) is 32.0 Å². The molecule has 0 saturated heterocycles. The Morgan fingerprint density at radius 3 is 2.82 bits per heavy atom. The van der Waals surface area contributed by atoms with Gasteiger partial charge in [0.15, 0.2) is 0 Å². The number of carbonyl (C=O) groups is 1. The Morgan fingerprint density at radius 2 is 2.29 bits per heavy atom. The fraction of sp³-hybridized carbons (Fsp3) is 0.700. The van der Waals surface area contributed by atoms with Crippen LogP contribution in [0.25, 0.3) is 0 Å². The highest BCUT2D eigenvalue weighted by molar-refractivity contribution is 7.17. The lowest BCUT2D eigenvalue weighted by Gasteiger charge is -2.23. The highest BCUT2D eigenvalue weighted by Gasteiger charge is 2.12. The smallest absolute Gasteiger partial charge is 0.282 e. The van der Waals surface area contributed by atoms with Crippen LogP contribution in [0.4, 0.5) is 0 Å². The molecule has 1 rings (SSSR count). The van der Waals surface area contributed by atoms with Gasteiger partial charge in [0.1, 0.15) is 0 Å². The SMILES string of the molecule is CCC(C)N(C)CCNC(=O)c1nnc(Cl)s1. The molecule has 96 valence electrons. The normalized spacial score (nSPS) is 12.8. The van der Waals surface area contributed by atoms with E-state index in [-0.39, 0.29) is 10.4 Å². The number of rotatable bonds is 6. The van der Waals surface area contributed by atoms with Gasteiger partial charge in [-0.15, -0.1) is 10.2 Å². The van der Waals surface area contributed by atoms with Gasteiger partial charge < -0.3 is 10.2 Å². The van der Waals surface area contributed by atoms with Crippen molar-refractivity contribution in [3.05, 3.63) is 9.47 Å². The highest BCUT2D eigenvalue weighted by Crippen LogP contribution is 2.14. The van der Waals surface area contributed by atoms with Crippen molar-refractivity contribution in [2.45, 2.75) is 26.3 Å². The molecule has 1 unspecified atom stereocenters. The summed E-state index contributed by atoms with van der Waals surface area (Å²) >= 11 is 6.69. The first-order valence-corrected chi connectivity index (χ1v) is 6.71. The van der Waals surface area contributed by atoms with Crippen molar-refractivity contribution in [3.8, 4) is 0 Å². The molecule has 0 radical (unpaired) electrons. The summed E-state index contributed by atoms with van der Waals surface area (Å²) in [6.07, 6.45) is 1.09. The van der Waals surface area contributed by atoms with Crippen LogP contribution in [0.2, 0.25) is 4.47 Å². The Bertz CT molecular complexity index is 371. The third-order valence-corrected chi connectivity index (χ3v) is 3.71. The van der Waals surface area contributed by atoms with E-state index in [9.17, 15) is 4.79 Å². The molecule has 0 aromatic carbocycles. The molecule has 7 heteroatoms. The molecule has 0 bridgehead atoms. The molecule has 0 aliphatic heterocycles. The highest BCUT2D eigenvalue weighted by atomic mass is 35.5. The maximum absolute atomic E-state index is 11.6. The number of hydrogen-bond acceptors (Lipinski definition) is 5. The van der Waals surface area contributed by atoms with E-state index in [0.717, 1.165) is 24.3 Å². The van der Waals surface area contributed by atoms with Crippen molar-refractivity contribution in [1.82, 2.24) is 20.4 Å². The lowest BCUT2D eigenvalue weighted by molar-refractivity contribution is 0.0946. The van der Waals surface area contributed by atoms with E-state index < -0.39 is 0 Å². The molecule has 1 aromatic heterocycles. The summed E-state index contributed by atoms with van der Waals surface area (Å²) in [4.78, 5) is 13.8. The standard InChI is InChI=1S/C10H17ClN4OS/c1-4-7(2)15(3)6-5-12-8(16)9-13-14-10(11)17-9/h7H,4-6H2,1-3H3,(H,12,16). The summed E-state index contributed by atoms with van der Waals surface area (Å²) in [5.41, 5.74) is 0. The molecule has 0 aliphatic rings. The van der Waals surface area contributed by atoms with Gasteiger partial charge in [0.2, 0.25) is 9.47 Å². The number of nitrogens with one attached hydrogen (secondary N) is 1. The number of halogens is 1. The van der Waals surface area contributed by atoms with E-state index in [1.807, 2.05) is 7.05 Å². The van der Waals surface area contributed by atoms with Gasteiger partial charge >= 0.3 is 0 Å². The Kier molecular flexibility index (Phi) is 5.80. The first-order valence-electron chi connectivity index (χ1n) is 5.52. The van der Waals surface area contributed by atoms with Crippen LogP contribution in [0.5, 0.6) is 0 Å². The summed E-state index contributed by atoms with van der Waals surface area (Å²) in [5.74, 6) is -0.216. The molecular weight excluding hydrogens is 260 g/mol. The van der Waals surface area contributed by atoms with E-state index in [4.69, 9.17) is 11.6 Å². The van der Waals surface area contributed by atoms with Crippen LogP contribution < -0.4 is 5.32 Å². The first-order chi connectivity index (χ1) is 8.04. The number of aromatic nitrogens is 2. The van der Waals surface area contributed by atoms with Crippen LogP contribution in [0, 0.1) is 0 Å². The van der Waals surface area contributed by atoms with E-state index in [2.05, 4.69) is 34.3 Å². The van der Waals surface area contributed by atoms with Crippen LogP contribution in [0.15, 0.2) is 0 Å². The number of likely N-dealkylation sites (N-methyl/N-ethyl adjacent to an activating group) is 1. The summed E-state index contributed by atoms with van der Waals surface area (Å²) in [6.45, 7) is 5.71. The minimum Gasteiger partial charge on any atom is -0.349 e. The van der Waals surface area contributed by atoms with E-state index in [1.54, 1.807) is 0 Å². The van der Waals surface area contributed by atoms with Gasteiger partial charge in [0, 0.05) is 19.1 Å². The summed E-state index contributed by atoms with van der Waals surface area (Å²) < 4.78 is 0.284. The van der Waals surface area contributed by atoms with Crippen LogP contribution in [0.1, 0.15) is 30.1 Å². The fourth-order valence-corrected chi connectivity index (χ4v) is 2.00. The van der Waals surface area contributed by atoms with Crippen LogP contribution in [-0.4, -0.2) is 47.2 Å². The quantitative estimate of drug-likeness (QED) is 0.858. The maximum atomic E-state index is 11.6. The number of nitrogens with zero attached hydrogens (tertiary/aromatic N) is 3. The number of carbonyl (C=O) groups excluding carboxylic acids is 1. The topological polar surface area (TPSA) is 58.1 Å². The molecule has 1 heterocycles. The first kappa shape index (κ1) is 14.3. The lowest BCUT2D eigenvalue weighted by Crippen LogP contribution is -2.37. The second-order valence-electron chi connectivity index (χ2n) is 3.85. The Labute approximate surface area is 110 Å². The van der Waals surface area contributed by atoms with Crippen molar-refractivity contribution in [2.24, 2.45) is 0 Å². The van der Waals surface area contributed by atoms with Gasteiger partial charge in [-0.2, -0.15) is 0 Å². The largest absolute Gasteiger partial charge is 0.349 e. The van der Waals surface area contributed by atoms with Crippen LogP contribution in [0.3, 0.4) is 0 Å². The number of amides is 1. The Balaban J connectivity index is 2.30. The molecule has 5 nitrogen and oxygen atoms in total. The van der Waals surface area contributed by atoms with Crippen LogP contribution >= 0.6 is 22.9 Å². The average molecular weight is 277 g/mol. The minimum atomic E-state index is -0.216. The van der Waals surface area contributed by atoms with Gasteiger partial charge in [-0.1, -0.05) is 18.3 Å². The second kappa shape index (κ2) is 6.88. The summed E-state index contributed by atoms with van der Waals surface area (Å²) in [5, 5.41) is 10.4. The summed E-state index contributed by atoms with van der Waals surface area (Å²) in [7, 11) is 2.04. The summed E-state index contributed by atoms with van der Waals surface area (Å²) in [6, 6.07) is 0.517. The van der Waals surface area contributed by atoms with Crippen molar-refractivity contribution >= 4 is 28.8 Å². The molecular formula is C10H17ClN4OS. The molecule has 17 heavy (non-hydrogen) atoms. The van der Waals surface area contributed by atoms with Crippen LogP contribution in [-0.2, 0) is 0 Å². The molecule has 0 aliphatic carbocycles. The minimum absolute atomic E-state index is 0.216. The van der Waals surface area contributed by atoms with Crippen molar-refractivity contribution < 1.29 is 4.79 Å². The molecule has 0 saturated carbocycles. The number of hydrogen-bond donors (Lipinski definition) is 1. The predicted molar refractivity (Wildman–Crippen MR) is 69.6 cm³/mol. The van der Waals surface area contributed by atoms with E-state index in [1.165, 1.54) is 0 Å². The Hall–Kier alpha value is -0.720. The van der Waals surface area contributed by atoms with Crippen molar-refractivity contribution in [3.63, 3.8) is 0 Å². The third-order valence-electron chi connectivity index (χ3n) is 2.69. The second-order valence-corrected chi connectivity index (χ2v) is 5.41. The lowest BCUT2D eigenvalue weighted by atomic mass is 10.2. The Morgan fingerprint density at radius 1 is 1.59 bits per heavy atom. The molecule has 1 N–H and O–H groups in total. The molecule has 0 fully saturated rings. The zero-order valence-corrected chi connectivity index (χ0v) is 11.8. The third kappa shape index (κ3) is 4.57. The average Bonchev–Trinajstić information content (AvgIpc) is 2.74. The van der Waals surface area contributed by atoms with Gasteiger partial charge in [-0.25, -0.2) is 0 Å². The maximum Gasteiger partial charge on any atom is 0.282 e. The van der Waals surface area contributed by atoms with E-state index in [0.29, 0.717) is 17.6 Å². The predicted octanol–water partition coefficient (Wildman–Crippen LogP) is 1.65. The molecule has 0 spiro atoms.